The van der Waals surface area contributed by atoms with Gasteiger partial charge in [-0.1, -0.05) is 28.8 Å². The molecule has 0 radical (unpaired) electrons. The summed E-state index contributed by atoms with van der Waals surface area (Å²) in [5.41, 5.74) is -5.20. The minimum absolute atomic E-state index is 0. The average molecular weight is 2010 g/mol. The van der Waals surface area contributed by atoms with Crippen LogP contribution in [0.1, 0.15) is 90.0 Å². The summed E-state index contributed by atoms with van der Waals surface area (Å²) in [5, 5.41) is 8.97. The van der Waals surface area contributed by atoms with Gasteiger partial charge in [0.1, 0.15) is 11.7 Å². The van der Waals surface area contributed by atoms with Gasteiger partial charge in [-0.05, 0) is 279 Å². The van der Waals surface area contributed by atoms with Crippen molar-refractivity contribution in [3.05, 3.63) is 22.7 Å². The summed E-state index contributed by atoms with van der Waals surface area (Å²) in [6, 6.07) is 1.38. The summed E-state index contributed by atoms with van der Waals surface area (Å²) in [7, 11) is -14.3. The van der Waals surface area contributed by atoms with Crippen LogP contribution < -0.4 is 51.4 Å². The van der Waals surface area contributed by atoms with Gasteiger partial charge in [-0.25, -0.2) is 9.59 Å². The third-order valence-corrected chi connectivity index (χ3v) is 14.8. The van der Waals surface area contributed by atoms with E-state index >= 15 is 0 Å². The van der Waals surface area contributed by atoms with E-state index in [9.17, 15) is 57.6 Å². The van der Waals surface area contributed by atoms with Crippen molar-refractivity contribution in [1.29, 1.82) is 0 Å². The third-order valence-electron chi connectivity index (χ3n) is 11.6. The van der Waals surface area contributed by atoms with Crippen molar-refractivity contribution in [2.45, 2.75) is 125 Å². The number of aliphatic hydroxyl groups excluding tert-OH is 1. The van der Waals surface area contributed by atoms with Gasteiger partial charge >= 0.3 is 95.0 Å². The quantitative estimate of drug-likeness (QED) is 0.0454. The monoisotopic (exact) mass is 2010 g/mol. The fraction of sp³-hybridized carbons (Fsp3) is 0.207. The van der Waals surface area contributed by atoms with E-state index in [-0.39, 0.29) is 90.8 Å². The van der Waals surface area contributed by atoms with Crippen molar-refractivity contribution < 1.29 is 142 Å². The van der Waals surface area contributed by atoms with Gasteiger partial charge in [0, 0.05) is 296 Å². The summed E-state index contributed by atoms with van der Waals surface area (Å²) < 4.78 is 117. The summed E-state index contributed by atoms with van der Waals surface area (Å²) in [6.45, 7) is 25.5. The molecule has 0 spiro atoms. The Bertz CT molecular complexity index is 8080. The molecule has 2 rings (SSSR count). The van der Waals surface area contributed by atoms with Crippen molar-refractivity contribution in [1.82, 2.24) is 4.90 Å². The second-order valence-corrected chi connectivity index (χ2v) is 28.6. The van der Waals surface area contributed by atoms with E-state index in [0.29, 0.717) is 24.3 Å². The van der Waals surface area contributed by atoms with Gasteiger partial charge in [0.2, 0.25) is 0 Å². The number of rotatable bonds is 11. The van der Waals surface area contributed by atoms with E-state index in [1.54, 1.807) is 48.5 Å². The van der Waals surface area contributed by atoms with Crippen LogP contribution >= 0.6 is 15.9 Å². The molecule has 2 aliphatic rings. The molecule has 0 fully saturated rings. The first-order valence-electron chi connectivity index (χ1n) is 37.3. The summed E-state index contributed by atoms with van der Waals surface area (Å²) in [5.74, 6) is 198. The fourth-order valence-corrected chi connectivity index (χ4v) is 9.02. The van der Waals surface area contributed by atoms with Crippen molar-refractivity contribution in [2.75, 3.05) is 25.7 Å². The van der Waals surface area contributed by atoms with Crippen LogP contribution in [0.4, 0.5) is 13.2 Å². The number of ketones is 1. The van der Waals surface area contributed by atoms with Crippen LogP contribution in [0, 0.1) is 505 Å². The van der Waals surface area contributed by atoms with E-state index in [1.807, 2.05) is 0 Å². The van der Waals surface area contributed by atoms with Crippen molar-refractivity contribution in [3.8, 4) is 499 Å². The van der Waals surface area contributed by atoms with Gasteiger partial charge in [-0.15, -0.1) is 22.9 Å². The predicted octanol–water partition coefficient (Wildman–Crippen LogP) is 2.27. The fourth-order valence-electron chi connectivity index (χ4n) is 6.42. The molecule has 2 N–H and O–H groups in total. The Morgan fingerprint density at radius 3 is 0.690 bits per heavy atom. The topological polar surface area (TPSA) is 270 Å². The molecule has 26 heteroatoms. The molecule has 0 saturated carbocycles. The van der Waals surface area contributed by atoms with Gasteiger partial charge in [0.15, 0.2) is 23.8 Å². The Balaban J connectivity index is -0.000000333. The summed E-state index contributed by atoms with van der Waals surface area (Å²) in [6.07, 6.45) is 14.8. The van der Waals surface area contributed by atoms with E-state index < -0.39 is 71.9 Å². The van der Waals surface area contributed by atoms with Crippen LogP contribution in [0.25, 0.3) is 0 Å². The van der Waals surface area contributed by atoms with Crippen LogP contribution in [0.2, 0.25) is 0 Å². The average Bonchev–Trinajstić information content (AvgIpc) is 1.50. The smallest absolute Gasteiger partial charge is 0.870 e. The molecule has 0 aromatic rings. The Morgan fingerprint density at radius 2 is 0.585 bits per heavy atom. The Morgan fingerprint density at radius 1 is 0.387 bits per heavy atom. The standard InChI is InChI=1S/C43H4.C42H2.C8H13BrO3.C8H19N.C7H10O5S.C6H8O3.C2H3F3O5S2.K.H2O/c1-3-5-7-9-11-13-15-17-19-21-23-25-27-29-31-33-35-37-39-41-43-42-40-38-36-34-32-30-28-26-24-22-20-18-16-14-12-10-8-6-4-2;1-3-5-7-9-11-13-15-17-19-21-23-25-27-29-31-33-35-37-39-41-42-40-38-36-34-32-30-28-26-24-22-20-18-16-14-12-10-8-6-4-2;1-4-12-8(11)5(2)7(10)6(3)9;1-6-9(7(2)3)8(4)5;1-4-6(12-13(3,9)10)5(2)11-7(4)8;1-3-5(7)4(2)9-6(3)8;1-11(6,7)10-12(8,9)2(3,4)5;;/h1H,2H3;1-2H;5-6H,4H2,1-3H3;7-8H,6H2,1-5H3;5H,1-3H3;4,7H,1-2H3;1H3;;1H2/q;;;;;;;+1;/p-1. The number of cyclic esters (lactones) is 2. The van der Waals surface area contributed by atoms with Crippen molar-refractivity contribution in [3.63, 3.8) is 0 Å². The molecule has 0 aromatic heterocycles. The maximum absolute atomic E-state index is 11.4. The molecule has 4 unspecified atom stereocenters. The number of Topliss-reactive ketones (excluding diaryl/α,β-unsaturated/α-hetero) is 1. The number of carbonyl (C=O) groups is 4. The zero-order chi connectivity index (χ0) is 106. The maximum atomic E-state index is 11.4. The number of nitrogens with zero attached hydrogens (tertiary/aromatic N) is 1. The Kier molecular flexibility index (Phi) is 88.8. The van der Waals surface area contributed by atoms with E-state index in [2.05, 4.69) is 548 Å². The van der Waals surface area contributed by atoms with Gasteiger partial charge in [0.25, 0.3) is 10.1 Å². The van der Waals surface area contributed by atoms with Gasteiger partial charge < -0.3 is 29.0 Å². The number of carbonyl (C=O) groups excluding carboxylic acids is 4. The number of terminal acetylenes is 3. The first-order chi connectivity index (χ1) is 66.8. The van der Waals surface area contributed by atoms with Gasteiger partial charge in [-0.3, -0.25) is 14.5 Å². The SMILES string of the molecule is C#CC#CC#CC#CC#CC#CC#CC#CC#CC#CC#CC#CC#CC#CC#CC#CC#CC#CC#CC#CC#C.C#CC#CC#CC#CC#CC#CC#CC#CC#CC#CC#CC#CC#CC#CC#CC#CC#CC#CC#CC#CC#CC.CC1=C(O)C(C)OC1=O.CC1=C(OS(C)(=O)=O)C(C)OC1=O.CCN(C(C)C)C(C)C.CCOC(=O)C(C)C(=O)C(C)Br.CS(=O)(=O)OS(=O)(=O)C(F)(F)F.[K+].[OH-]. The predicted molar refractivity (Wildman–Crippen MR) is 535 cm³/mol. The minimum atomic E-state index is -6.04. The van der Waals surface area contributed by atoms with Crippen molar-refractivity contribution >= 4 is 70.0 Å². The molecule has 0 amide bonds. The minimum Gasteiger partial charge on any atom is -0.870 e. The molecule has 18 nitrogen and oxygen atoms in total. The van der Waals surface area contributed by atoms with Gasteiger partial charge in [-0.2, -0.15) is 38.4 Å². The molecule has 4 atom stereocenters. The molecule has 0 saturated heterocycles. The molecule has 2 heterocycles. The number of aliphatic hydroxyl groups is 1. The van der Waals surface area contributed by atoms with Crippen LogP contribution in [0.15, 0.2) is 22.7 Å². The van der Waals surface area contributed by atoms with Crippen molar-refractivity contribution in [2.24, 2.45) is 5.92 Å². The molecule has 0 aliphatic carbocycles. The van der Waals surface area contributed by atoms with Crippen LogP contribution in [-0.4, -0.2) is 125 Å². The van der Waals surface area contributed by atoms with E-state index in [4.69, 9.17) is 33.9 Å². The molecular formula is C116H60BrF3KNO17S3. The van der Waals surface area contributed by atoms with Crippen LogP contribution in [0.5, 0.6) is 0 Å². The Labute approximate surface area is 885 Å². The molecule has 0 aromatic carbocycles. The number of hydrogen-bond donors (Lipinski definition) is 1. The normalized spacial score (nSPS) is 9.43. The number of halogens is 4. The zero-order valence-electron chi connectivity index (χ0n) is 77.8. The Hall–Kier alpha value is -19.7. The summed E-state index contributed by atoms with van der Waals surface area (Å²) >= 11 is 3.10. The molecule has 142 heavy (non-hydrogen) atoms. The molecule has 0 bridgehead atoms. The van der Waals surface area contributed by atoms with Gasteiger partial charge in [0.05, 0.1) is 35.1 Å². The number of ether oxygens (including phenoxy) is 3. The largest absolute Gasteiger partial charge is 1.00 e. The van der Waals surface area contributed by atoms with Crippen LogP contribution in [0.3, 0.4) is 0 Å². The maximum Gasteiger partial charge on any atom is 1.00 e. The molecular weight excluding hydrogens is 1950 g/mol. The summed E-state index contributed by atoms with van der Waals surface area (Å²) in [4.78, 5) is 45.9. The molecule has 2 aliphatic heterocycles. The second-order valence-electron chi connectivity index (χ2n) is 22.4. The molecule has 678 valence electrons. The van der Waals surface area contributed by atoms with Crippen LogP contribution in [-0.2, 0) is 71.6 Å². The zero-order valence-corrected chi connectivity index (χ0v) is 85.0. The number of esters is 3. The first kappa shape index (κ1) is 135. The first-order valence-corrected chi connectivity index (χ1v) is 43.3. The number of alkyl halides is 4. The van der Waals surface area contributed by atoms with E-state index in [0.717, 1.165) is 12.8 Å². The second kappa shape index (κ2) is 93.1. The third kappa shape index (κ3) is 92.2. The number of hydrogen-bond acceptors (Lipinski definition) is 18. The van der Waals surface area contributed by atoms with E-state index in [1.165, 1.54) is 6.92 Å².